The molecule has 0 amide bonds. The number of aromatic hydroxyl groups is 1. The van der Waals surface area contributed by atoms with Crippen LogP contribution in [0.25, 0.3) is 0 Å². The lowest BCUT2D eigenvalue weighted by Gasteiger charge is -2.10. The molecule has 82 valence electrons. The zero-order chi connectivity index (χ0) is 11.0. The summed E-state index contributed by atoms with van der Waals surface area (Å²) < 4.78 is 5.53. The molecule has 1 aliphatic heterocycles. The molecule has 0 saturated carbocycles. The first-order valence-corrected chi connectivity index (χ1v) is 5.09. The van der Waals surface area contributed by atoms with Crippen molar-refractivity contribution >= 4 is 0 Å². The van der Waals surface area contributed by atoms with Gasteiger partial charge in [-0.2, -0.15) is 0 Å². The number of nitrogens with two attached hydrogens (primary N) is 2. The van der Waals surface area contributed by atoms with E-state index in [1.165, 1.54) is 0 Å². The molecule has 1 aromatic carbocycles. The second-order valence-corrected chi connectivity index (χ2v) is 4.05. The molecule has 0 radical (unpaired) electrons. The van der Waals surface area contributed by atoms with E-state index < -0.39 is 0 Å². The van der Waals surface area contributed by atoms with Crippen molar-refractivity contribution in [1.82, 2.24) is 0 Å². The molecule has 0 spiro atoms. The Bertz CT molecular complexity index is 377. The molecule has 5 N–H and O–H groups in total. The van der Waals surface area contributed by atoms with Crippen LogP contribution in [-0.4, -0.2) is 17.4 Å². The molecular formula is C11H16N2O2. The van der Waals surface area contributed by atoms with Gasteiger partial charge in [0.25, 0.3) is 0 Å². The third kappa shape index (κ3) is 1.91. The zero-order valence-corrected chi connectivity index (χ0v) is 8.73. The summed E-state index contributed by atoms with van der Waals surface area (Å²) in [5.74, 6) is 0.796. The van der Waals surface area contributed by atoms with Gasteiger partial charge < -0.3 is 21.3 Å². The summed E-state index contributed by atoms with van der Waals surface area (Å²) in [6, 6.07) is 3.50. The van der Waals surface area contributed by atoms with Gasteiger partial charge in [-0.3, -0.25) is 0 Å². The Labute approximate surface area is 88.8 Å². The van der Waals surface area contributed by atoms with Crippen molar-refractivity contribution in [2.75, 3.05) is 0 Å². The molecule has 15 heavy (non-hydrogen) atoms. The lowest BCUT2D eigenvalue weighted by molar-refractivity contribution is 0.245. The van der Waals surface area contributed by atoms with Crippen molar-refractivity contribution in [2.24, 2.45) is 11.5 Å². The van der Waals surface area contributed by atoms with Gasteiger partial charge in [-0.1, -0.05) is 6.07 Å². The van der Waals surface area contributed by atoms with Crippen LogP contribution < -0.4 is 16.2 Å². The van der Waals surface area contributed by atoms with Crippen LogP contribution >= 0.6 is 0 Å². The van der Waals surface area contributed by atoms with E-state index in [9.17, 15) is 5.11 Å². The van der Waals surface area contributed by atoms with Gasteiger partial charge >= 0.3 is 0 Å². The number of phenols is 1. The van der Waals surface area contributed by atoms with Crippen LogP contribution in [0.4, 0.5) is 0 Å². The van der Waals surface area contributed by atoms with Crippen LogP contribution in [0.1, 0.15) is 18.1 Å². The first kappa shape index (κ1) is 10.3. The standard InChI is InChI=1S/C11H16N2O2/c1-6-4-8-7(5-10(12)13)2-3-9(14)11(8)15-6/h2-3,6,10,14H,4-5,12-13H2,1H3. The topological polar surface area (TPSA) is 81.5 Å². The fourth-order valence-electron chi connectivity index (χ4n) is 1.99. The molecule has 0 aromatic heterocycles. The van der Waals surface area contributed by atoms with Gasteiger partial charge in [0.2, 0.25) is 0 Å². The quantitative estimate of drug-likeness (QED) is 0.618. The summed E-state index contributed by atoms with van der Waals surface area (Å²) in [4.78, 5) is 0. The lowest BCUT2D eigenvalue weighted by Crippen LogP contribution is -2.32. The van der Waals surface area contributed by atoms with Gasteiger partial charge in [0.05, 0.1) is 6.17 Å². The Morgan fingerprint density at radius 3 is 2.93 bits per heavy atom. The maximum absolute atomic E-state index is 9.62. The first-order valence-electron chi connectivity index (χ1n) is 5.09. The average Bonchev–Trinajstić information content (AvgIpc) is 2.52. The van der Waals surface area contributed by atoms with E-state index in [0.717, 1.165) is 17.5 Å². The van der Waals surface area contributed by atoms with Gasteiger partial charge in [0, 0.05) is 18.4 Å². The fraction of sp³-hybridized carbons (Fsp3) is 0.455. The number of hydrogen-bond donors (Lipinski definition) is 3. The highest BCUT2D eigenvalue weighted by Crippen LogP contribution is 2.39. The van der Waals surface area contributed by atoms with Crippen molar-refractivity contribution in [3.63, 3.8) is 0 Å². The number of rotatable bonds is 2. The molecule has 0 saturated heterocycles. The molecule has 1 heterocycles. The van der Waals surface area contributed by atoms with E-state index in [2.05, 4.69) is 0 Å². The molecule has 1 aromatic rings. The Balaban J connectivity index is 2.38. The Morgan fingerprint density at radius 1 is 1.53 bits per heavy atom. The number of fused-ring (bicyclic) bond motifs is 1. The number of hydrogen-bond acceptors (Lipinski definition) is 4. The van der Waals surface area contributed by atoms with Crippen LogP contribution in [0.15, 0.2) is 12.1 Å². The Hall–Kier alpha value is -1.26. The van der Waals surface area contributed by atoms with E-state index in [1.807, 2.05) is 13.0 Å². The average molecular weight is 208 g/mol. The monoisotopic (exact) mass is 208 g/mol. The molecule has 1 unspecified atom stereocenters. The summed E-state index contributed by atoms with van der Waals surface area (Å²) in [5, 5.41) is 9.62. The van der Waals surface area contributed by atoms with Crippen molar-refractivity contribution in [2.45, 2.75) is 32.0 Å². The molecule has 1 atom stereocenters. The predicted octanol–water partition coefficient (Wildman–Crippen LogP) is 0.502. The maximum atomic E-state index is 9.62. The fourth-order valence-corrected chi connectivity index (χ4v) is 1.99. The second-order valence-electron chi connectivity index (χ2n) is 4.05. The van der Waals surface area contributed by atoms with Crippen LogP contribution in [0.3, 0.4) is 0 Å². The second kappa shape index (κ2) is 3.72. The highest BCUT2D eigenvalue weighted by atomic mass is 16.5. The van der Waals surface area contributed by atoms with E-state index in [1.54, 1.807) is 6.07 Å². The van der Waals surface area contributed by atoms with Gasteiger partial charge in [0.15, 0.2) is 11.5 Å². The van der Waals surface area contributed by atoms with Crippen LogP contribution in [-0.2, 0) is 12.8 Å². The van der Waals surface area contributed by atoms with Gasteiger partial charge in [0.1, 0.15) is 6.10 Å². The largest absolute Gasteiger partial charge is 0.504 e. The molecule has 0 bridgehead atoms. The Kier molecular flexibility index (Phi) is 2.54. The van der Waals surface area contributed by atoms with Crippen LogP contribution in [0.2, 0.25) is 0 Å². The third-order valence-electron chi connectivity index (χ3n) is 2.60. The highest BCUT2D eigenvalue weighted by molar-refractivity contribution is 5.52. The van der Waals surface area contributed by atoms with Gasteiger partial charge in [-0.05, 0) is 18.6 Å². The van der Waals surface area contributed by atoms with Crippen LogP contribution in [0.5, 0.6) is 11.5 Å². The third-order valence-corrected chi connectivity index (χ3v) is 2.60. The van der Waals surface area contributed by atoms with Crippen molar-refractivity contribution in [1.29, 1.82) is 0 Å². The summed E-state index contributed by atoms with van der Waals surface area (Å²) in [6.07, 6.45) is 1.17. The van der Waals surface area contributed by atoms with Crippen molar-refractivity contribution in [3.8, 4) is 11.5 Å². The molecule has 0 aliphatic carbocycles. The molecule has 0 fully saturated rings. The van der Waals surface area contributed by atoms with Gasteiger partial charge in [-0.25, -0.2) is 0 Å². The molecular weight excluding hydrogens is 192 g/mol. The smallest absolute Gasteiger partial charge is 0.164 e. The summed E-state index contributed by atoms with van der Waals surface area (Å²) >= 11 is 0. The van der Waals surface area contributed by atoms with E-state index in [4.69, 9.17) is 16.2 Å². The number of phenolic OH excluding ortho intramolecular Hbond substituents is 1. The van der Waals surface area contributed by atoms with Crippen molar-refractivity contribution in [3.05, 3.63) is 23.3 Å². The number of benzene rings is 1. The molecule has 4 nitrogen and oxygen atoms in total. The minimum Gasteiger partial charge on any atom is -0.504 e. The molecule has 1 aliphatic rings. The van der Waals surface area contributed by atoms with Gasteiger partial charge in [-0.15, -0.1) is 0 Å². The highest BCUT2D eigenvalue weighted by Gasteiger charge is 2.25. The SMILES string of the molecule is CC1Cc2c(CC(N)N)ccc(O)c2O1. The van der Waals surface area contributed by atoms with Crippen LogP contribution in [0, 0.1) is 0 Å². The summed E-state index contributed by atoms with van der Waals surface area (Å²) in [6.45, 7) is 1.98. The Morgan fingerprint density at radius 2 is 2.27 bits per heavy atom. The maximum Gasteiger partial charge on any atom is 0.164 e. The zero-order valence-electron chi connectivity index (χ0n) is 8.73. The van der Waals surface area contributed by atoms with E-state index in [-0.39, 0.29) is 18.0 Å². The lowest BCUT2D eigenvalue weighted by atomic mass is 9.99. The summed E-state index contributed by atoms with van der Waals surface area (Å²) in [7, 11) is 0. The normalized spacial score (nSPS) is 19.1. The van der Waals surface area contributed by atoms with E-state index in [0.29, 0.717) is 12.2 Å². The van der Waals surface area contributed by atoms with Crippen molar-refractivity contribution < 1.29 is 9.84 Å². The minimum atomic E-state index is -0.366. The predicted molar refractivity (Wildman–Crippen MR) is 57.8 cm³/mol. The minimum absolute atomic E-state index is 0.112. The first-order chi connectivity index (χ1) is 7.08. The number of ether oxygens (including phenoxy) is 1. The molecule has 2 rings (SSSR count). The van der Waals surface area contributed by atoms with E-state index >= 15 is 0 Å². The molecule has 4 heteroatoms. The summed E-state index contributed by atoms with van der Waals surface area (Å²) in [5.41, 5.74) is 13.2.